The van der Waals surface area contributed by atoms with Gasteiger partial charge in [-0.15, -0.1) is 0 Å². The smallest absolute Gasteiger partial charge is 0.277 e. The molecule has 0 radical (unpaired) electrons. The number of nitrogens with zero attached hydrogens (tertiary/aromatic N) is 1. The zero-order valence-electron chi connectivity index (χ0n) is 12.9. The van der Waals surface area contributed by atoms with Gasteiger partial charge in [-0.1, -0.05) is 6.92 Å². The average Bonchev–Trinajstić information content (AvgIpc) is 2.58. The summed E-state index contributed by atoms with van der Waals surface area (Å²) in [5.74, 6) is -1.25. The van der Waals surface area contributed by atoms with E-state index in [4.69, 9.17) is 4.74 Å². The van der Waals surface area contributed by atoms with Crippen molar-refractivity contribution >= 4 is 11.6 Å². The Morgan fingerprint density at radius 2 is 1.83 bits per heavy atom. The molecule has 0 unspecified atom stereocenters. The first kappa shape index (κ1) is 17.4. The van der Waals surface area contributed by atoms with Crippen LogP contribution in [0.25, 0.3) is 0 Å². The highest BCUT2D eigenvalue weighted by atomic mass is 19.1. The molecule has 0 bridgehead atoms. The highest BCUT2D eigenvalue weighted by Crippen LogP contribution is 2.20. The molecule has 7 heteroatoms. The van der Waals surface area contributed by atoms with Gasteiger partial charge in [-0.3, -0.25) is 4.79 Å². The number of aromatic hydroxyl groups is 1. The third kappa shape index (κ3) is 4.77. The number of hydrazone groups is 1. The van der Waals surface area contributed by atoms with E-state index >= 15 is 0 Å². The number of phenolic OH excluding ortho intramolecular Hbond substituents is 1. The molecule has 0 heterocycles. The van der Waals surface area contributed by atoms with Crippen molar-refractivity contribution in [2.45, 2.75) is 13.3 Å². The lowest BCUT2D eigenvalue weighted by Gasteiger charge is -2.08. The summed E-state index contributed by atoms with van der Waals surface area (Å²) in [4.78, 5) is 11.7. The van der Waals surface area contributed by atoms with Crippen LogP contribution in [0.1, 0.15) is 18.9 Å². The quantitative estimate of drug-likeness (QED) is 0.630. The molecule has 0 aliphatic rings. The number of rotatable bonds is 6. The predicted octanol–water partition coefficient (Wildman–Crippen LogP) is 2.98. The normalized spacial score (nSPS) is 11.2. The number of benzene rings is 2. The highest BCUT2D eigenvalue weighted by molar-refractivity contribution is 6.03. The molecule has 0 aromatic heterocycles. The van der Waals surface area contributed by atoms with Crippen molar-refractivity contribution in [3.8, 4) is 11.5 Å². The minimum absolute atomic E-state index is 0.131. The van der Waals surface area contributed by atoms with Gasteiger partial charge in [0.2, 0.25) is 0 Å². The number of nitrogens with one attached hydrogen (secondary N) is 1. The van der Waals surface area contributed by atoms with Gasteiger partial charge in [0.1, 0.15) is 23.1 Å². The van der Waals surface area contributed by atoms with Crippen LogP contribution < -0.4 is 10.2 Å². The number of ether oxygens (including phenoxy) is 1. The Balaban J connectivity index is 1.98. The standard InChI is InChI=1S/C17H16F2N2O3/c1-2-15(14-9-12(19)5-8-16(14)22)20-21-17(23)10-24-13-6-3-11(18)4-7-13/h3-9,22H,2,10H2,1H3,(H,21,23)/b20-15+. The lowest BCUT2D eigenvalue weighted by molar-refractivity contribution is -0.123. The minimum atomic E-state index is -0.541. The van der Waals surface area contributed by atoms with Gasteiger partial charge in [-0.25, -0.2) is 14.2 Å². The molecule has 126 valence electrons. The third-order valence-corrected chi connectivity index (χ3v) is 3.10. The minimum Gasteiger partial charge on any atom is -0.507 e. The van der Waals surface area contributed by atoms with Crippen LogP contribution in [-0.4, -0.2) is 23.3 Å². The monoisotopic (exact) mass is 334 g/mol. The molecule has 0 saturated heterocycles. The second-order valence-corrected chi connectivity index (χ2v) is 4.85. The number of amides is 1. The van der Waals surface area contributed by atoms with Crippen molar-refractivity contribution in [1.29, 1.82) is 0 Å². The van der Waals surface area contributed by atoms with Gasteiger partial charge in [-0.05, 0) is 48.9 Å². The van der Waals surface area contributed by atoms with Crippen LogP contribution in [0.2, 0.25) is 0 Å². The molecular formula is C17H16F2N2O3. The summed E-state index contributed by atoms with van der Waals surface area (Å²) in [6.07, 6.45) is 0.371. The van der Waals surface area contributed by atoms with Gasteiger partial charge >= 0.3 is 0 Å². The maximum absolute atomic E-state index is 13.3. The number of halogens is 2. The first-order valence-electron chi connectivity index (χ1n) is 7.22. The lowest BCUT2D eigenvalue weighted by atomic mass is 10.1. The maximum Gasteiger partial charge on any atom is 0.277 e. The first-order chi connectivity index (χ1) is 11.5. The number of hydrogen-bond acceptors (Lipinski definition) is 4. The molecule has 5 nitrogen and oxygen atoms in total. The van der Waals surface area contributed by atoms with Gasteiger partial charge in [0.05, 0.1) is 5.71 Å². The maximum atomic E-state index is 13.3. The van der Waals surface area contributed by atoms with Crippen LogP contribution >= 0.6 is 0 Å². The Kier molecular flexibility index (Phi) is 5.83. The fraction of sp³-hybridized carbons (Fsp3) is 0.176. The van der Waals surface area contributed by atoms with Crippen molar-refractivity contribution < 1.29 is 23.4 Å². The summed E-state index contributed by atoms with van der Waals surface area (Å²) in [5.41, 5.74) is 2.80. The largest absolute Gasteiger partial charge is 0.507 e. The van der Waals surface area contributed by atoms with Gasteiger partial charge in [0.15, 0.2) is 6.61 Å². The van der Waals surface area contributed by atoms with Gasteiger partial charge < -0.3 is 9.84 Å². The van der Waals surface area contributed by atoms with E-state index in [1.165, 1.54) is 30.3 Å². The van der Waals surface area contributed by atoms with E-state index in [1.807, 2.05) is 0 Å². The van der Waals surface area contributed by atoms with E-state index in [0.717, 1.165) is 12.1 Å². The Morgan fingerprint density at radius 1 is 1.17 bits per heavy atom. The van der Waals surface area contributed by atoms with E-state index < -0.39 is 17.5 Å². The Hall–Kier alpha value is -2.96. The molecule has 2 aromatic rings. The molecule has 2 aromatic carbocycles. The van der Waals surface area contributed by atoms with Crippen molar-refractivity contribution in [2.75, 3.05) is 6.61 Å². The Bertz CT molecular complexity index is 746. The molecule has 1 amide bonds. The number of carbonyl (C=O) groups excluding carboxylic acids is 1. The summed E-state index contributed by atoms with van der Waals surface area (Å²) in [7, 11) is 0. The average molecular weight is 334 g/mol. The molecule has 0 aliphatic heterocycles. The molecule has 0 atom stereocenters. The van der Waals surface area contributed by atoms with E-state index in [2.05, 4.69) is 10.5 Å². The molecule has 0 aliphatic carbocycles. The van der Waals surface area contributed by atoms with Crippen LogP contribution in [0.4, 0.5) is 8.78 Å². The summed E-state index contributed by atoms with van der Waals surface area (Å²) in [5, 5.41) is 13.7. The third-order valence-electron chi connectivity index (χ3n) is 3.10. The van der Waals surface area contributed by atoms with Crippen molar-refractivity contribution in [3.05, 3.63) is 59.7 Å². The van der Waals surface area contributed by atoms with Crippen molar-refractivity contribution in [3.63, 3.8) is 0 Å². The van der Waals surface area contributed by atoms with Crippen molar-refractivity contribution in [2.24, 2.45) is 5.10 Å². The topological polar surface area (TPSA) is 70.9 Å². The molecule has 0 spiro atoms. The summed E-state index contributed by atoms with van der Waals surface area (Å²) >= 11 is 0. The zero-order valence-corrected chi connectivity index (χ0v) is 12.9. The summed E-state index contributed by atoms with van der Waals surface area (Å²) in [6, 6.07) is 8.71. The van der Waals surface area contributed by atoms with E-state index in [1.54, 1.807) is 6.92 Å². The SMILES string of the molecule is CC/C(=N\NC(=O)COc1ccc(F)cc1)c1cc(F)ccc1O. The van der Waals surface area contributed by atoms with E-state index in [0.29, 0.717) is 17.9 Å². The predicted molar refractivity (Wildman–Crippen MR) is 84.9 cm³/mol. The molecular weight excluding hydrogens is 318 g/mol. The van der Waals surface area contributed by atoms with Crippen LogP contribution in [0.5, 0.6) is 11.5 Å². The van der Waals surface area contributed by atoms with E-state index in [9.17, 15) is 18.7 Å². The zero-order chi connectivity index (χ0) is 17.5. The fourth-order valence-corrected chi connectivity index (χ4v) is 1.91. The molecule has 2 rings (SSSR count). The first-order valence-corrected chi connectivity index (χ1v) is 7.22. The summed E-state index contributed by atoms with van der Waals surface area (Å²) in [6.45, 7) is 1.44. The molecule has 2 N–H and O–H groups in total. The van der Waals surface area contributed by atoms with Crippen molar-refractivity contribution in [1.82, 2.24) is 5.43 Å². The van der Waals surface area contributed by atoms with Crippen LogP contribution in [0.15, 0.2) is 47.6 Å². The number of phenols is 1. The summed E-state index contributed by atoms with van der Waals surface area (Å²) < 4.78 is 31.2. The Labute approximate surface area is 137 Å². The lowest BCUT2D eigenvalue weighted by Crippen LogP contribution is -2.26. The van der Waals surface area contributed by atoms with Gasteiger partial charge in [0, 0.05) is 5.56 Å². The van der Waals surface area contributed by atoms with Gasteiger partial charge in [0.25, 0.3) is 5.91 Å². The molecule has 24 heavy (non-hydrogen) atoms. The molecule has 0 fully saturated rings. The Morgan fingerprint density at radius 3 is 2.50 bits per heavy atom. The van der Waals surface area contributed by atoms with Crippen LogP contribution in [0.3, 0.4) is 0 Å². The second kappa shape index (κ2) is 8.05. The highest BCUT2D eigenvalue weighted by Gasteiger charge is 2.10. The van der Waals surface area contributed by atoms with Gasteiger partial charge in [-0.2, -0.15) is 5.10 Å². The number of hydrogen-bond donors (Lipinski definition) is 2. The second-order valence-electron chi connectivity index (χ2n) is 4.85. The fourth-order valence-electron chi connectivity index (χ4n) is 1.91. The van der Waals surface area contributed by atoms with E-state index in [-0.39, 0.29) is 17.9 Å². The number of carbonyl (C=O) groups is 1. The van der Waals surface area contributed by atoms with Crippen LogP contribution in [0, 0.1) is 11.6 Å². The molecule has 0 saturated carbocycles. The van der Waals surface area contributed by atoms with Crippen LogP contribution in [-0.2, 0) is 4.79 Å².